The second-order valence-corrected chi connectivity index (χ2v) is 10.3. The molecule has 0 bridgehead atoms. The Bertz CT molecular complexity index is 1080. The lowest BCUT2D eigenvalue weighted by molar-refractivity contribution is -0.133. The van der Waals surface area contributed by atoms with Crippen LogP contribution in [0.2, 0.25) is 0 Å². The van der Waals surface area contributed by atoms with Gasteiger partial charge in [0.05, 0.1) is 16.8 Å². The number of thioether (sulfide) groups is 1. The zero-order valence-electron chi connectivity index (χ0n) is 16.3. The molecule has 0 atom stereocenters. The van der Waals surface area contributed by atoms with E-state index in [4.69, 9.17) is 4.52 Å². The number of amides is 1. The molecule has 0 N–H and O–H groups in total. The molecule has 2 aliphatic heterocycles. The molecule has 2 aliphatic rings. The van der Waals surface area contributed by atoms with Gasteiger partial charge in [0.15, 0.2) is 0 Å². The molecule has 3 heterocycles. The van der Waals surface area contributed by atoms with E-state index in [0.717, 1.165) is 5.75 Å². The van der Waals surface area contributed by atoms with Gasteiger partial charge in [-0.1, -0.05) is 17.3 Å². The SMILES string of the molecule is CS(=O)(=O)N1CCC(C(=O)N2CCS/C2=C/c2nc(-c3ccccc3F)no2)CC1. The molecule has 2 fully saturated rings. The van der Waals surface area contributed by atoms with Gasteiger partial charge in [0.2, 0.25) is 21.8 Å². The van der Waals surface area contributed by atoms with Crippen molar-refractivity contribution in [1.29, 1.82) is 0 Å². The monoisotopic (exact) mass is 452 g/mol. The van der Waals surface area contributed by atoms with Gasteiger partial charge in [0, 0.05) is 37.4 Å². The third-order valence-corrected chi connectivity index (χ3v) is 7.50. The minimum Gasteiger partial charge on any atom is -0.334 e. The molecule has 1 amide bonds. The van der Waals surface area contributed by atoms with Gasteiger partial charge < -0.3 is 9.42 Å². The minimum atomic E-state index is -3.23. The van der Waals surface area contributed by atoms with Crippen LogP contribution >= 0.6 is 11.8 Å². The van der Waals surface area contributed by atoms with E-state index >= 15 is 0 Å². The van der Waals surface area contributed by atoms with Crippen molar-refractivity contribution in [3.8, 4) is 11.4 Å². The third kappa shape index (κ3) is 4.42. The van der Waals surface area contributed by atoms with Crippen molar-refractivity contribution in [3.05, 3.63) is 41.0 Å². The van der Waals surface area contributed by atoms with Crippen LogP contribution in [0.25, 0.3) is 17.5 Å². The second-order valence-electron chi connectivity index (χ2n) is 7.19. The first-order valence-electron chi connectivity index (χ1n) is 9.52. The second kappa shape index (κ2) is 8.48. The Balaban J connectivity index is 1.47. The number of rotatable bonds is 4. The molecule has 0 saturated carbocycles. The van der Waals surface area contributed by atoms with E-state index in [9.17, 15) is 17.6 Å². The van der Waals surface area contributed by atoms with Gasteiger partial charge in [-0.05, 0) is 25.0 Å². The van der Waals surface area contributed by atoms with Crippen LogP contribution in [0, 0.1) is 11.7 Å². The fourth-order valence-electron chi connectivity index (χ4n) is 3.57. The van der Waals surface area contributed by atoms with Crippen LogP contribution in [0.15, 0.2) is 33.8 Å². The van der Waals surface area contributed by atoms with Crippen molar-refractivity contribution >= 4 is 33.8 Å². The highest BCUT2D eigenvalue weighted by Crippen LogP contribution is 2.33. The summed E-state index contributed by atoms with van der Waals surface area (Å²) >= 11 is 1.51. The lowest BCUT2D eigenvalue weighted by Gasteiger charge is -2.31. The maximum Gasteiger partial charge on any atom is 0.253 e. The molecular formula is C19H21FN4O4S2. The van der Waals surface area contributed by atoms with Crippen molar-refractivity contribution in [3.63, 3.8) is 0 Å². The molecule has 0 aliphatic carbocycles. The van der Waals surface area contributed by atoms with E-state index in [0.29, 0.717) is 37.5 Å². The van der Waals surface area contributed by atoms with Crippen molar-refractivity contribution in [1.82, 2.24) is 19.3 Å². The first-order chi connectivity index (χ1) is 14.3. The smallest absolute Gasteiger partial charge is 0.253 e. The summed E-state index contributed by atoms with van der Waals surface area (Å²) in [6.45, 7) is 1.27. The topological polar surface area (TPSA) is 96.6 Å². The molecule has 2 aromatic rings. The average molecular weight is 453 g/mol. The number of halogens is 1. The Kier molecular flexibility index (Phi) is 5.94. The zero-order chi connectivity index (χ0) is 21.3. The molecule has 160 valence electrons. The summed E-state index contributed by atoms with van der Waals surface area (Å²) in [7, 11) is -3.23. The molecule has 1 aromatic heterocycles. The number of hydrogen-bond acceptors (Lipinski definition) is 7. The molecule has 0 spiro atoms. The number of nitrogens with zero attached hydrogens (tertiary/aromatic N) is 4. The number of sulfonamides is 1. The summed E-state index contributed by atoms with van der Waals surface area (Å²) in [4.78, 5) is 18.9. The number of hydrogen-bond donors (Lipinski definition) is 0. The van der Waals surface area contributed by atoms with Gasteiger partial charge in [-0.3, -0.25) is 4.79 Å². The summed E-state index contributed by atoms with van der Waals surface area (Å²) < 4.78 is 43.9. The zero-order valence-corrected chi connectivity index (χ0v) is 18.0. The standard InChI is InChI=1S/C19H21FN4O4S2/c1-30(26,27)23-8-6-13(7-9-23)19(25)24-10-11-29-17(24)12-16-21-18(22-28-16)14-4-2-3-5-15(14)20/h2-5,12-13H,6-11H2,1H3/b17-12+. The molecule has 1 aromatic carbocycles. The highest BCUT2D eigenvalue weighted by Gasteiger charge is 2.34. The lowest BCUT2D eigenvalue weighted by atomic mass is 9.96. The van der Waals surface area contributed by atoms with Crippen LogP contribution in [0.3, 0.4) is 0 Å². The van der Waals surface area contributed by atoms with Crippen molar-refractivity contribution < 1.29 is 22.1 Å². The fraction of sp³-hybridized carbons (Fsp3) is 0.421. The summed E-state index contributed by atoms with van der Waals surface area (Å²) in [6, 6.07) is 6.17. The molecule has 0 unspecified atom stereocenters. The third-order valence-electron chi connectivity index (χ3n) is 5.17. The van der Waals surface area contributed by atoms with Gasteiger partial charge in [-0.2, -0.15) is 4.98 Å². The predicted octanol–water partition coefficient (Wildman–Crippen LogP) is 2.42. The summed E-state index contributed by atoms with van der Waals surface area (Å²) in [5.41, 5.74) is 0.246. The fourth-order valence-corrected chi connectivity index (χ4v) is 5.45. The van der Waals surface area contributed by atoms with Crippen LogP contribution in [0.4, 0.5) is 4.39 Å². The average Bonchev–Trinajstić information content (AvgIpc) is 3.37. The number of piperidine rings is 1. The minimum absolute atomic E-state index is 0.0201. The molecule has 0 radical (unpaired) electrons. The quantitative estimate of drug-likeness (QED) is 0.703. The molecular weight excluding hydrogens is 431 g/mol. The highest BCUT2D eigenvalue weighted by molar-refractivity contribution is 8.03. The number of aromatic nitrogens is 2. The Labute approximate surface area is 178 Å². The van der Waals surface area contributed by atoms with E-state index < -0.39 is 15.8 Å². The summed E-state index contributed by atoms with van der Waals surface area (Å²) in [5.74, 6) is 0.407. The number of carbonyl (C=O) groups excluding carboxylic acids is 1. The van der Waals surface area contributed by atoms with E-state index in [2.05, 4.69) is 10.1 Å². The molecule has 8 nitrogen and oxygen atoms in total. The van der Waals surface area contributed by atoms with Crippen molar-refractivity contribution in [2.45, 2.75) is 12.8 Å². The molecule has 11 heteroatoms. The Morgan fingerprint density at radius 3 is 2.70 bits per heavy atom. The maximum absolute atomic E-state index is 13.9. The highest BCUT2D eigenvalue weighted by atomic mass is 32.2. The predicted molar refractivity (Wildman–Crippen MR) is 111 cm³/mol. The van der Waals surface area contributed by atoms with Gasteiger partial charge in [-0.15, -0.1) is 11.8 Å². The van der Waals surface area contributed by atoms with E-state index in [-0.39, 0.29) is 29.1 Å². The number of benzene rings is 1. The van der Waals surface area contributed by atoms with Crippen LogP contribution in [-0.4, -0.2) is 65.3 Å². The molecule has 4 rings (SSSR count). The first kappa shape index (κ1) is 21.0. The normalized spacial score (nSPS) is 20.2. The Morgan fingerprint density at radius 1 is 1.27 bits per heavy atom. The first-order valence-corrected chi connectivity index (χ1v) is 12.4. The molecule has 30 heavy (non-hydrogen) atoms. The maximum atomic E-state index is 13.9. The Morgan fingerprint density at radius 2 is 2.00 bits per heavy atom. The lowest BCUT2D eigenvalue weighted by Crippen LogP contribution is -2.43. The van der Waals surface area contributed by atoms with Gasteiger partial charge in [0.25, 0.3) is 5.89 Å². The summed E-state index contributed by atoms with van der Waals surface area (Å²) in [6.07, 6.45) is 3.82. The van der Waals surface area contributed by atoms with Gasteiger partial charge in [-0.25, -0.2) is 17.1 Å². The van der Waals surface area contributed by atoms with E-state index in [1.807, 2.05) is 0 Å². The largest absolute Gasteiger partial charge is 0.334 e. The van der Waals surface area contributed by atoms with Crippen LogP contribution in [0.1, 0.15) is 18.7 Å². The number of carbonyl (C=O) groups is 1. The van der Waals surface area contributed by atoms with E-state index in [1.54, 1.807) is 29.2 Å². The Hall–Kier alpha value is -2.24. The van der Waals surface area contributed by atoms with Gasteiger partial charge in [0.1, 0.15) is 5.82 Å². The van der Waals surface area contributed by atoms with Crippen molar-refractivity contribution in [2.75, 3.05) is 31.6 Å². The molecule has 2 saturated heterocycles. The van der Waals surface area contributed by atoms with Crippen LogP contribution in [0.5, 0.6) is 0 Å². The van der Waals surface area contributed by atoms with E-state index in [1.165, 1.54) is 28.4 Å². The van der Waals surface area contributed by atoms with Gasteiger partial charge >= 0.3 is 0 Å². The summed E-state index contributed by atoms with van der Waals surface area (Å²) in [5, 5.41) is 4.54. The van der Waals surface area contributed by atoms with Crippen LogP contribution in [-0.2, 0) is 14.8 Å². The van der Waals surface area contributed by atoms with Crippen LogP contribution < -0.4 is 0 Å². The van der Waals surface area contributed by atoms with Crippen molar-refractivity contribution in [2.24, 2.45) is 5.92 Å².